The van der Waals surface area contributed by atoms with Gasteiger partial charge in [-0.15, -0.1) is 0 Å². The first-order valence-electron chi connectivity index (χ1n) is 9.09. The number of rotatable bonds is 7. The van der Waals surface area contributed by atoms with Crippen LogP contribution < -0.4 is 15.2 Å². The first-order valence-corrected chi connectivity index (χ1v) is 9.09. The topological polar surface area (TPSA) is 107 Å². The molecule has 0 aliphatic carbocycles. The lowest BCUT2D eigenvalue weighted by atomic mass is 10.1. The van der Waals surface area contributed by atoms with Crippen molar-refractivity contribution in [2.24, 2.45) is 0 Å². The molecule has 1 fully saturated rings. The van der Waals surface area contributed by atoms with Crippen molar-refractivity contribution in [1.82, 2.24) is 19.5 Å². The summed E-state index contributed by atoms with van der Waals surface area (Å²) >= 11 is 0. The Balaban J connectivity index is 1.71. The summed E-state index contributed by atoms with van der Waals surface area (Å²) in [5.41, 5.74) is 8.27. The van der Waals surface area contributed by atoms with Crippen LogP contribution in [0.4, 0.5) is 5.82 Å². The van der Waals surface area contributed by atoms with Crippen molar-refractivity contribution in [3.8, 4) is 11.5 Å². The smallest absolute Gasteiger partial charge is 0.165 e. The number of hydrogen-bond donors (Lipinski definition) is 1. The third-order valence-corrected chi connectivity index (χ3v) is 4.75. The lowest BCUT2D eigenvalue weighted by Gasteiger charge is -2.14. The molecule has 4 rings (SSSR count). The van der Waals surface area contributed by atoms with Crippen LogP contribution in [-0.2, 0) is 22.4 Å². The van der Waals surface area contributed by atoms with Crippen molar-refractivity contribution in [2.45, 2.75) is 25.7 Å². The minimum absolute atomic E-state index is 0.212. The van der Waals surface area contributed by atoms with E-state index in [1.165, 1.54) is 6.33 Å². The van der Waals surface area contributed by atoms with Crippen LogP contribution in [0.25, 0.3) is 11.2 Å². The van der Waals surface area contributed by atoms with Crippen molar-refractivity contribution in [1.29, 1.82) is 0 Å². The van der Waals surface area contributed by atoms with Crippen LogP contribution in [0.15, 0.2) is 24.5 Å². The molecule has 2 aromatic heterocycles. The lowest BCUT2D eigenvalue weighted by molar-refractivity contribution is -0.0490. The molecular formula is C19H23N5O4. The van der Waals surface area contributed by atoms with Crippen molar-refractivity contribution < 1.29 is 18.9 Å². The highest BCUT2D eigenvalue weighted by Crippen LogP contribution is 2.28. The van der Waals surface area contributed by atoms with Crippen LogP contribution in [-0.4, -0.2) is 53.2 Å². The van der Waals surface area contributed by atoms with E-state index in [0.717, 1.165) is 22.9 Å². The fourth-order valence-electron chi connectivity index (χ4n) is 3.37. The van der Waals surface area contributed by atoms with Gasteiger partial charge in [0.15, 0.2) is 23.3 Å². The van der Waals surface area contributed by atoms with E-state index in [1.54, 1.807) is 14.2 Å². The van der Waals surface area contributed by atoms with Gasteiger partial charge in [-0.3, -0.25) is 0 Å². The molecular weight excluding hydrogens is 362 g/mol. The van der Waals surface area contributed by atoms with Crippen LogP contribution in [0.5, 0.6) is 11.5 Å². The zero-order valence-electron chi connectivity index (χ0n) is 15.9. The van der Waals surface area contributed by atoms with Crippen LogP contribution in [0.3, 0.4) is 0 Å². The third-order valence-electron chi connectivity index (χ3n) is 4.75. The van der Waals surface area contributed by atoms with E-state index in [-0.39, 0.29) is 6.29 Å². The van der Waals surface area contributed by atoms with Gasteiger partial charge in [0.05, 0.1) is 27.4 Å². The van der Waals surface area contributed by atoms with Crippen molar-refractivity contribution >= 4 is 17.0 Å². The monoisotopic (exact) mass is 385 g/mol. The Bertz CT molecular complexity index is 968. The number of ether oxygens (including phenoxy) is 4. The second-order valence-corrected chi connectivity index (χ2v) is 6.43. The summed E-state index contributed by atoms with van der Waals surface area (Å²) < 4.78 is 24.0. The molecule has 2 N–H and O–H groups in total. The summed E-state index contributed by atoms with van der Waals surface area (Å²) in [7, 11) is 3.28. The molecule has 1 saturated heterocycles. The summed E-state index contributed by atoms with van der Waals surface area (Å²) in [5, 5.41) is 0. The number of aryl methyl sites for hydroxylation is 1. The van der Waals surface area contributed by atoms with Gasteiger partial charge in [0.2, 0.25) is 0 Å². The molecule has 0 spiro atoms. The molecule has 0 atom stereocenters. The molecule has 0 radical (unpaired) electrons. The van der Waals surface area contributed by atoms with Crippen molar-refractivity contribution in [3.63, 3.8) is 0 Å². The van der Waals surface area contributed by atoms with Crippen LogP contribution in [0.1, 0.15) is 17.8 Å². The van der Waals surface area contributed by atoms with Gasteiger partial charge in [0.25, 0.3) is 0 Å². The first kappa shape index (κ1) is 18.5. The molecule has 0 amide bonds. The van der Waals surface area contributed by atoms with Gasteiger partial charge < -0.3 is 29.2 Å². The van der Waals surface area contributed by atoms with Gasteiger partial charge in [-0.2, -0.15) is 0 Å². The van der Waals surface area contributed by atoms with Gasteiger partial charge in [-0.25, -0.2) is 15.0 Å². The molecule has 9 nitrogen and oxygen atoms in total. The van der Waals surface area contributed by atoms with Crippen molar-refractivity contribution in [3.05, 3.63) is 35.9 Å². The van der Waals surface area contributed by atoms with E-state index in [4.69, 9.17) is 29.7 Å². The molecule has 9 heteroatoms. The zero-order chi connectivity index (χ0) is 19.5. The molecule has 0 bridgehead atoms. The number of nitrogens with two attached hydrogens (primary N) is 1. The number of imidazole rings is 1. The van der Waals surface area contributed by atoms with Gasteiger partial charge in [0, 0.05) is 24.9 Å². The fraction of sp³-hybridized carbons (Fsp3) is 0.421. The minimum atomic E-state index is -0.212. The highest BCUT2D eigenvalue weighted by atomic mass is 16.7. The number of hydrogen-bond acceptors (Lipinski definition) is 8. The summed E-state index contributed by atoms with van der Waals surface area (Å²) in [6.07, 6.45) is 2.46. The second kappa shape index (κ2) is 7.99. The van der Waals surface area contributed by atoms with Gasteiger partial charge in [-0.05, 0) is 18.2 Å². The Morgan fingerprint density at radius 2 is 2.00 bits per heavy atom. The van der Waals surface area contributed by atoms with E-state index < -0.39 is 0 Å². The quantitative estimate of drug-likeness (QED) is 0.656. The average Bonchev–Trinajstić information content (AvgIpc) is 3.35. The fourth-order valence-corrected chi connectivity index (χ4v) is 3.37. The number of aromatic nitrogens is 4. The van der Waals surface area contributed by atoms with Gasteiger partial charge in [-0.1, -0.05) is 0 Å². The maximum absolute atomic E-state index is 6.03. The summed E-state index contributed by atoms with van der Waals surface area (Å²) in [5.74, 6) is 2.69. The van der Waals surface area contributed by atoms with Gasteiger partial charge >= 0.3 is 0 Å². The van der Waals surface area contributed by atoms with Crippen LogP contribution >= 0.6 is 0 Å². The number of nitrogen functional groups attached to an aromatic ring is 1. The highest BCUT2D eigenvalue weighted by Gasteiger charge is 2.20. The Kier molecular flexibility index (Phi) is 5.27. The SMILES string of the molecule is COc1ccc(OC)c(Cc2nc3c(N)ncnc3n2CCC2OCCO2)c1. The Morgan fingerprint density at radius 1 is 1.18 bits per heavy atom. The number of methoxy groups -OCH3 is 2. The number of nitrogens with zero attached hydrogens (tertiary/aromatic N) is 4. The van der Waals surface area contributed by atoms with Crippen LogP contribution in [0.2, 0.25) is 0 Å². The molecule has 1 aliphatic rings. The maximum atomic E-state index is 6.03. The molecule has 3 heterocycles. The van der Waals surface area contributed by atoms with E-state index in [1.807, 2.05) is 22.8 Å². The van der Waals surface area contributed by atoms with E-state index >= 15 is 0 Å². The molecule has 3 aromatic rings. The summed E-state index contributed by atoms with van der Waals surface area (Å²) in [6, 6.07) is 5.69. The minimum Gasteiger partial charge on any atom is -0.497 e. The van der Waals surface area contributed by atoms with Crippen LogP contribution in [0, 0.1) is 0 Å². The predicted octanol–water partition coefficient (Wildman–Crippen LogP) is 1.78. The molecule has 0 saturated carbocycles. The molecule has 28 heavy (non-hydrogen) atoms. The van der Waals surface area contributed by atoms with Gasteiger partial charge in [0.1, 0.15) is 23.7 Å². The predicted molar refractivity (Wildman–Crippen MR) is 102 cm³/mol. The molecule has 0 unspecified atom stereocenters. The third kappa shape index (κ3) is 3.58. The Morgan fingerprint density at radius 3 is 2.75 bits per heavy atom. The van der Waals surface area contributed by atoms with E-state index in [2.05, 4.69) is 9.97 Å². The zero-order valence-corrected chi connectivity index (χ0v) is 15.9. The Hall–Kier alpha value is -2.91. The van der Waals surface area contributed by atoms with E-state index in [9.17, 15) is 0 Å². The molecule has 1 aromatic carbocycles. The lowest BCUT2D eigenvalue weighted by Crippen LogP contribution is -2.14. The number of benzene rings is 1. The summed E-state index contributed by atoms with van der Waals surface area (Å²) in [6.45, 7) is 1.88. The maximum Gasteiger partial charge on any atom is 0.165 e. The largest absolute Gasteiger partial charge is 0.497 e. The van der Waals surface area contributed by atoms with Crippen molar-refractivity contribution in [2.75, 3.05) is 33.2 Å². The van der Waals surface area contributed by atoms with E-state index in [0.29, 0.717) is 49.6 Å². The standard InChI is InChI=1S/C19H23N5O4/c1-25-13-3-4-14(26-2)12(9-13)10-15-23-17-18(20)21-11-22-19(17)24(15)6-5-16-27-7-8-28-16/h3-4,9,11,16H,5-8,10H2,1-2H3,(H2,20,21,22). The number of anilines is 1. The summed E-state index contributed by atoms with van der Waals surface area (Å²) in [4.78, 5) is 13.2. The highest BCUT2D eigenvalue weighted by molar-refractivity contribution is 5.81. The average molecular weight is 385 g/mol. The normalized spacial score (nSPS) is 14.6. The number of fused-ring (bicyclic) bond motifs is 1. The molecule has 1 aliphatic heterocycles. The first-order chi connectivity index (χ1) is 13.7. The Labute approximate surface area is 162 Å². The second-order valence-electron chi connectivity index (χ2n) is 6.43. The molecule has 148 valence electrons.